The van der Waals surface area contributed by atoms with Crippen LogP contribution in [-0.4, -0.2) is 49.3 Å². The quantitative estimate of drug-likeness (QED) is 0.676. The van der Waals surface area contributed by atoms with Gasteiger partial charge >= 0.3 is 0 Å². The van der Waals surface area contributed by atoms with Gasteiger partial charge in [0, 0.05) is 37.8 Å². The van der Waals surface area contributed by atoms with Gasteiger partial charge in [0.2, 0.25) is 0 Å². The van der Waals surface area contributed by atoms with Gasteiger partial charge in [-0.05, 0) is 26.2 Å². The molecule has 1 N–H and O–H groups in total. The second-order valence-corrected chi connectivity index (χ2v) is 5.78. The van der Waals surface area contributed by atoms with Crippen LogP contribution < -0.4 is 5.32 Å². The first-order chi connectivity index (χ1) is 8.66. The number of hydrogen-bond donors (Lipinski definition) is 1. The number of rotatable bonds is 8. The highest BCUT2D eigenvalue weighted by Crippen LogP contribution is 2.23. The average Bonchev–Trinajstić information content (AvgIpc) is 2.38. The number of nitrogens with zero attached hydrogens (tertiary/aromatic N) is 1. The third-order valence-electron chi connectivity index (χ3n) is 4.23. The van der Waals surface area contributed by atoms with Crippen molar-refractivity contribution in [3.63, 3.8) is 0 Å². The van der Waals surface area contributed by atoms with E-state index in [2.05, 4.69) is 37.9 Å². The van der Waals surface area contributed by atoms with Crippen molar-refractivity contribution in [1.82, 2.24) is 10.2 Å². The minimum atomic E-state index is 0.305. The molecular weight excluding hydrogens is 224 g/mol. The lowest BCUT2D eigenvalue weighted by Crippen LogP contribution is -2.63. The van der Waals surface area contributed by atoms with Crippen LogP contribution in [0.5, 0.6) is 0 Å². The van der Waals surface area contributed by atoms with Crippen molar-refractivity contribution >= 4 is 0 Å². The standard InChI is InChI=1S/C15H32N2O/c1-5-8-14-12-17(9-11-18-10-6-2)15(4,7-3)13-16-14/h14,16H,5-13H2,1-4H3. The van der Waals surface area contributed by atoms with Crippen LogP contribution in [0.4, 0.5) is 0 Å². The van der Waals surface area contributed by atoms with E-state index in [1.54, 1.807) is 0 Å². The normalized spacial score (nSPS) is 29.7. The van der Waals surface area contributed by atoms with Gasteiger partial charge < -0.3 is 10.1 Å². The first kappa shape index (κ1) is 15.9. The largest absolute Gasteiger partial charge is 0.380 e. The fourth-order valence-electron chi connectivity index (χ4n) is 2.70. The number of ether oxygens (including phenoxy) is 1. The summed E-state index contributed by atoms with van der Waals surface area (Å²) in [6, 6.07) is 0.667. The summed E-state index contributed by atoms with van der Waals surface area (Å²) in [5, 5.41) is 3.71. The first-order valence-corrected chi connectivity index (χ1v) is 7.72. The van der Waals surface area contributed by atoms with Crippen LogP contribution in [-0.2, 0) is 4.74 Å². The van der Waals surface area contributed by atoms with Gasteiger partial charge in [0.1, 0.15) is 0 Å². The van der Waals surface area contributed by atoms with E-state index in [0.717, 1.165) is 32.7 Å². The summed E-state index contributed by atoms with van der Waals surface area (Å²) in [6.45, 7) is 14.2. The van der Waals surface area contributed by atoms with Gasteiger partial charge in [-0.25, -0.2) is 0 Å². The van der Waals surface area contributed by atoms with E-state index >= 15 is 0 Å². The van der Waals surface area contributed by atoms with E-state index in [1.807, 2.05) is 0 Å². The van der Waals surface area contributed by atoms with Crippen molar-refractivity contribution < 1.29 is 4.74 Å². The van der Waals surface area contributed by atoms with E-state index in [1.165, 1.54) is 25.8 Å². The van der Waals surface area contributed by atoms with Crippen molar-refractivity contribution in [2.75, 3.05) is 32.8 Å². The molecule has 0 amide bonds. The van der Waals surface area contributed by atoms with Gasteiger partial charge in [-0.1, -0.05) is 27.2 Å². The van der Waals surface area contributed by atoms with Crippen LogP contribution in [0.1, 0.15) is 53.4 Å². The molecule has 0 radical (unpaired) electrons. The maximum absolute atomic E-state index is 5.66. The molecular formula is C15H32N2O. The zero-order valence-corrected chi connectivity index (χ0v) is 12.8. The van der Waals surface area contributed by atoms with Crippen molar-refractivity contribution in [2.24, 2.45) is 0 Å². The van der Waals surface area contributed by atoms with Crippen molar-refractivity contribution in [3.8, 4) is 0 Å². The van der Waals surface area contributed by atoms with Gasteiger partial charge in [-0.3, -0.25) is 4.90 Å². The van der Waals surface area contributed by atoms with E-state index in [4.69, 9.17) is 4.74 Å². The molecule has 0 aliphatic carbocycles. The van der Waals surface area contributed by atoms with Crippen LogP contribution in [0, 0.1) is 0 Å². The summed E-state index contributed by atoms with van der Waals surface area (Å²) < 4.78 is 5.66. The molecule has 1 aliphatic rings. The monoisotopic (exact) mass is 256 g/mol. The molecule has 1 aliphatic heterocycles. The SMILES string of the molecule is CCCOCCN1CC(CCC)NCC1(C)CC. The Hall–Kier alpha value is -0.120. The summed E-state index contributed by atoms with van der Waals surface area (Å²) in [4.78, 5) is 2.64. The summed E-state index contributed by atoms with van der Waals surface area (Å²) in [6.07, 6.45) is 4.87. The molecule has 2 unspecified atom stereocenters. The van der Waals surface area contributed by atoms with Gasteiger partial charge in [0.15, 0.2) is 0 Å². The minimum absolute atomic E-state index is 0.305. The van der Waals surface area contributed by atoms with Gasteiger partial charge in [0.05, 0.1) is 6.61 Å². The molecule has 0 aromatic carbocycles. The molecule has 1 saturated heterocycles. The Morgan fingerprint density at radius 3 is 2.61 bits per heavy atom. The second-order valence-electron chi connectivity index (χ2n) is 5.78. The molecule has 1 fully saturated rings. The molecule has 18 heavy (non-hydrogen) atoms. The maximum Gasteiger partial charge on any atom is 0.0593 e. The third kappa shape index (κ3) is 4.52. The Balaban J connectivity index is 2.45. The summed E-state index contributed by atoms with van der Waals surface area (Å²) >= 11 is 0. The summed E-state index contributed by atoms with van der Waals surface area (Å²) in [5.41, 5.74) is 0.305. The van der Waals surface area contributed by atoms with Crippen molar-refractivity contribution in [3.05, 3.63) is 0 Å². The van der Waals surface area contributed by atoms with Crippen LogP contribution >= 0.6 is 0 Å². The molecule has 0 bridgehead atoms. The Morgan fingerprint density at radius 1 is 1.22 bits per heavy atom. The Labute approximate surface area is 113 Å². The highest BCUT2D eigenvalue weighted by Gasteiger charge is 2.35. The molecule has 0 spiro atoms. The summed E-state index contributed by atoms with van der Waals surface area (Å²) in [5.74, 6) is 0. The van der Waals surface area contributed by atoms with E-state index < -0.39 is 0 Å². The van der Waals surface area contributed by atoms with Gasteiger partial charge in [-0.15, -0.1) is 0 Å². The minimum Gasteiger partial charge on any atom is -0.380 e. The molecule has 1 heterocycles. The number of nitrogens with one attached hydrogen (secondary N) is 1. The third-order valence-corrected chi connectivity index (χ3v) is 4.23. The van der Waals surface area contributed by atoms with E-state index in [-0.39, 0.29) is 0 Å². The zero-order valence-electron chi connectivity index (χ0n) is 12.8. The topological polar surface area (TPSA) is 24.5 Å². The van der Waals surface area contributed by atoms with Crippen molar-refractivity contribution in [2.45, 2.75) is 65.0 Å². The van der Waals surface area contributed by atoms with E-state index in [0.29, 0.717) is 11.6 Å². The predicted octanol–water partition coefficient (Wildman–Crippen LogP) is 2.66. The molecule has 2 atom stereocenters. The second kappa shape index (κ2) is 8.13. The van der Waals surface area contributed by atoms with Crippen LogP contribution in [0.15, 0.2) is 0 Å². The lowest BCUT2D eigenvalue weighted by Gasteiger charge is -2.48. The fourth-order valence-corrected chi connectivity index (χ4v) is 2.70. The van der Waals surface area contributed by atoms with Crippen LogP contribution in [0.25, 0.3) is 0 Å². The molecule has 1 rings (SSSR count). The lowest BCUT2D eigenvalue weighted by molar-refractivity contribution is 0.0159. The maximum atomic E-state index is 5.66. The lowest BCUT2D eigenvalue weighted by atomic mass is 9.91. The highest BCUT2D eigenvalue weighted by molar-refractivity contribution is 4.94. The van der Waals surface area contributed by atoms with Crippen LogP contribution in [0.3, 0.4) is 0 Å². The fraction of sp³-hybridized carbons (Fsp3) is 1.00. The molecule has 108 valence electrons. The first-order valence-electron chi connectivity index (χ1n) is 7.72. The molecule has 0 saturated carbocycles. The molecule has 0 aromatic rings. The molecule has 3 heteroatoms. The van der Waals surface area contributed by atoms with E-state index in [9.17, 15) is 0 Å². The zero-order chi connectivity index (χ0) is 13.4. The number of piperazine rings is 1. The molecule has 0 aromatic heterocycles. The average molecular weight is 256 g/mol. The predicted molar refractivity (Wildman–Crippen MR) is 78.1 cm³/mol. The smallest absolute Gasteiger partial charge is 0.0593 e. The van der Waals surface area contributed by atoms with Gasteiger partial charge in [0.25, 0.3) is 0 Å². The van der Waals surface area contributed by atoms with Crippen molar-refractivity contribution in [1.29, 1.82) is 0 Å². The molecule has 3 nitrogen and oxygen atoms in total. The highest BCUT2D eigenvalue weighted by atomic mass is 16.5. The number of hydrogen-bond acceptors (Lipinski definition) is 3. The summed E-state index contributed by atoms with van der Waals surface area (Å²) in [7, 11) is 0. The Kier molecular flexibility index (Phi) is 7.20. The van der Waals surface area contributed by atoms with Crippen LogP contribution in [0.2, 0.25) is 0 Å². The Bertz CT molecular complexity index is 223. The Morgan fingerprint density at radius 2 is 2.00 bits per heavy atom. The van der Waals surface area contributed by atoms with Gasteiger partial charge in [-0.2, -0.15) is 0 Å².